The predicted octanol–water partition coefficient (Wildman–Crippen LogP) is 2.27. The largest absolute Gasteiger partial charge is 0.384 e. The van der Waals surface area contributed by atoms with Gasteiger partial charge < -0.3 is 4.74 Å². The van der Waals surface area contributed by atoms with E-state index in [0.29, 0.717) is 26.2 Å². The van der Waals surface area contributed by atoms with E-state index in [4.69, 9.17) is 4.74 Å². The van der Waals surface area contributed by atoms with E-state index in [2.05, 4.69) is 4.98 Å². The maximum absolute atomic E-state index is 13.0. The number of ether oxygens (including phenoxy) is 1. The van der Waals surface area contributed by atoms with Gasteiger partial charge in [0.2, 0.25) is 0 Å². The zero-order chi connectivity index (χ0) is 17.9. The maximum atomic E-state index is 13.0. The topological polar surface area (TPSA) is 62.7 Å². The SMILES string of the molecule is COCC1CCCN(S(=O)(=O)N(C)Cc2cccc3cccnc23)C1. The lowest BCUT2D eigenvalue weighted by Crippen LogP contribution is -2.47. The molecule has 1 atom stereocenters. The van der Waals surface area contributed by atoms with Crippen LogP contribution >= 0.6 is 0 Å². The van der Waals surface area contributed by atoms with Gasteiger partial charge in [-0.25, -0.2) is 0 Å². The lowest BCUT2D eigenvalue weighted by atomic mass is 10.0. The van der Waals surface area contributed by atoms with Gasteiger partial charge in [-0.1, -0.05) is 24.3 Å². The van der Waals surface area contributed by atoms with Crippen LogP contribution in [-0.4, -0.2) is 55.9 Å². The fourth-order valence-electron chi connectivity index (χ4n) is 3.42. The zero-order valence-corrected chi connectivity index (χ0v) is 15.6. The van der Waals surface area contributed by atoms with E-state index in [1.165, 1.54) is 4.31 Å². The third-order valence-electron chi connectivity index (χ3n) is 4.71. The molecule has 7 heteroatoms. The minimum Gasteiger partial charge on any atom is -0.384 e. The summed E-state index contributed by atoms with van der Waals surface area (Å²) in [6.07, 6.45) is 3.62. The van der Waals surface area contributed by atoms with Gasteiger partial charge >= 0.3 is 0 Å². The Hall–Kier alpha value is -1.54. The van der Waals surface area contributed by atoms with Crippen LogP contribution in [0, 0.1) is 5.92 Å². The Kier molecular flexibility index (Phi) is 5.68. The van der Waals surface area contributed by atoms with Gasteiger partial charge in [0.15, 0.2) is 0 Å². The quantitative estimate of drug-likeness (QED) is 0.790. The Labute approximate surface area is 149 Å². The van der Waals surface area contributed by atoms with Gasteiger partial charge in [0.25, 0.3) is 10.2 Å². The summed E-state index contributed by atoms with van der Waals surface area (Å²) in [7, 11) is -0.201. The molecule has 1 aromatic heterocycles. The van der Waals surface area contributed by atoms with Crippen molar-refractivity contribution in [1.29, 1.82) is 0 Å². The molecule has 0 spiro atoms. The minimum absolute atomic E-state index is 0.265. The average Bonchev–Trinajstić information content (AvgIpc) is 2.62. The van der Waals surface area contributed by atoms with Gasteiger partial charge in [-0.3, -0.25) is 4.98 Å². The molecule has 6 nitrogen and oxygen atoms in total. The van der Waals surface area contributed by atoms with Crippen LogP contribution < -0.4 is 0 Å². The molecule has 1 saturated heterocycles. The van der Waals surface area contributed by atoms with Crippen molar-refractivity contribution in [2.45, 2.75) is 19.4 Å². The molecular formula is C18H25N3O3S. The van der Waals surface area contributed by atoms with Crippen molar-refractivity contribution in [3.05, 3.63) is 42.1 Å². The number of nitrogens with zero attached hydrogens (tertiary/aromatic N) is 3. The third-order valence-corrected chi connectivity index (χ3v) is 6.61. The zero-order valence-electron chi connectivity index (χ0n) is 14.8. The second-order valence-electron chi connectivity index (χ2n) is 6.58. The minimum atomic E-state index is -3.50. The van der Waals surface area contributed by atoms with Crippen LogP contribution in [0.1, 0.15) is 18.4 Å². The summed E-state index contributed by atoms with van der Waals surface area (Å²) in [4.78, 5) is 4.41. The molecule has 2 aromatic rings. The first-order valence-corrected chi connectivity index (χ1v) is 9.95. The van der Waals surface area contributed by atoms with Crippen molar-refractivity contribution >= 4 is 21.1 Å². The normalized spacial score (nSPS) is 19.6. The number of rotatable bonds is 6. The van der Waals surface area contributed by atoms with Gasteiger partial charge in [-0.05, 0) is 30.4 Å². The van der Waals surface area contributed by atoms with E-state index in [9.17, 15) is 8.42 Å². The van der Waals surface area contributed by atoms with E-state index < -0.39 is 10.2 Å². The first-order valence-electron chi connectivity index (χ1n) is 8.55. The molecule has 1 aliphatic rings. The number of hydrogen-bond acceptors (Lipinski definition) is 4. The van der Waals surface area contributed by atoms with Crippen LogP contribution in [0.5, 0.6) is 0 Å². The lowest BCUT2D eigenvalue weighted by molar-refractivity contribution is 0.116. The summed E-state index contributed by atoms with van der Waals surface area (Å²) in [6.45, 7) is 2.00. The summed E-state index contributed by atoms with van der Waals surface area (Å²) in [6, 6.07) is 9.73. The van der Waals surface area contributed by atoms with Crippen molar-refractivity contribution in [2.24, 2.45) is 5.92 Å². The number of pyridine rings is 1. The van der Waals surface area contributed by atoms with E-state index in [1.807, 2.05) is 30.3 Å². The molecule has 0 radical (unpaired) electrons. The van der Waals surface area contributed by atoms with E-state index in [0.717, 1.165) is 29.3 Å². The number of benzene rings is 1. The summed E-state index contributed by atoms with van der Waals surface area (Å²) in [5, 5.41) is 1.02. The Balaban J connectivity index is 1.78. The number of hydrogen-bond donors (Lipinski definition) is 0. The van der Waals surface area contributed by atoms with Crippen LogP contribution in [-0.2, 0) is 21.5 Å². The van der Waals surface area contributed by atoms with Gasteiger partial charge in [-0.2, -0.15) is 17.0 Å². The number of para-hydroxylation sites is 1. The van der Waals surface area contributed by atoms with Crippen LogP contribution in [0.3, 0.4) is 0 Å². The molecule has 0 amide bonds. The van der Waals surface area contributed by atoms with Crippen molar-refractivity contribution in [1.82, 2.24) is 13.6 Å². The standard InChI is InChI=1S/C18H25N3O3S/c1-20(13-17-8-3-7-16-9-4-10-19-18(16)17)25(22,23)21-11-5-6-15(12-21)14-24-2/h3-4,7-10,15H,5-6,11-14H2,1-2H3. The van der Waals surface area contributed by atoms with E-state index >= 15 is 0 Å². The average molecular weight is 363 g/mol. The molecule has 25 heavy (non-hydrogen) atoms. The highest BCUT2D eigenvalue weighted by atomic mass is 32.2. The molecule has 1 unspecified atom stereocenters. The fourth-order valence-corrected chi connectivity index (χ4v) is 4.88. The Morgan fingerprint density at radius 1 is 1.32 bits per heavy atom. The third kappa shape index (κ3) is 4.00. The van der Waals surface area contributed by atoms with Gasteiger partial charge in [0, 0.05) is 45.4 Å². The first kappa shape index (κ1) is 18.3. The highest BCUT2D eigenvalue weighted by Gasteiger charge is 2.32. The Morgan fingerprint density at radius 3 is 2.92 bits per heavy atom. The second-order valence-corrected chi connectivity index (χ2v) is 8.61. The highest BCUT2D eigenvalue weighted by molar-refractivity contribution is 7.86. The van der Waals surface area contributed by atoms with Crippen LogP contribution in [0.2, 0.25) is 0 Å². The summed E-state index contributed by atoms with van der Waals surface area (Å²) >= 11 is 0. The number of aromatic nitrogens is 1. The van der Waals surface area contributed by atoms with Crippen molar-refractivity contribution in [3.63, 3.8) is 0 Å². The monoisotopic (exact) mass is 363 g/mol. The van der Waals surface area contributed by atoms with Crippen LogP contribution in [0.4, 0.5) is 0 Å². The van der Waals surface area contributed by atoms with Crippen LogP contribution in [0.25, 0.3) is 10.9 Å². The molecule has 1 aromatic carbocycles. The molecule has 0 bridgehead atoms. The van der Waals surface area contributed by atoms with E-state index in [-0.39, 0.29) is 5.92 Å². The number of piperidine rings is 1. The number of methoxy groups -OCH3 is 1. The molecule has 0 N–H and O–H groups in total. The van der Waals surface area contributed by atoms with Crippen molar-refractivity contribution in [3.8, 4) is 0 Å². The first-order chi connectivity index (χ1) is 12.0. The highest BCUT2D eigenvalue weighted by Crippen LogP contribution is 2.23. The maximum Gasteiger partial charge on any atom is 0.282 e. The predicted molar refractivity (Wildman–Crippen MR) is 98.3 cm³/mol. The van der Waals surface area contributed by atoms with Gasteiger partial charge in [-0.15, -0.1) is 0 Å². The van der Waals surface area contributed by atoms with Crippen molar-refractivity contribution < 1.29 is 13.2 Å². The Bertz CT molecular complexity index is 818. The molecule has 1 fully saturated rings. The molecule has 3 rings (SSSR count). The van der Waals surface area contributed by atoms with Crippen molar-refractivity contribution in [2.75, 3.05) is 33.9 Å². The molecule has 1 aliphatic heterocycles. The number of fused-ring (bicyclic) bond motifs is 1. The molecular weight excluding hydrogens is 338 g/mol. The lowest BCUT2D eigenvalue weighted by Gasteiger charge is -2.34. The summed E-state index contributed by atoms with van der Waals surface area (Å²) < 4.78 is 34.1. The molecule has 136 valence electrons. The Morgan fingerprint density at radius 2 is 2.12 bits per heavy atom. The smallest absolute Gasteiger partial charge is 0.282 e. The molecule has 0 aliphatic carbocycles. The summed E-state index contributed by atoms with van der Waals surface area (Å²) in [5.74, 6) is 0.265. The van der Waals surface area contributed by atoms with Crippen LogP contribution in [0.15, 0.2) is 36.5 Å². The van der Waals surface area contributed by atoms with Gasteiger partial charge in [0.05, 0.1) is 12.1 Å². The van der Waals surface area contributed by atoms with E-state index in [1.54, 1.807) is 24.7 Å². The molecule has 2 heterocycles. The summed E-state index contributed by atoms with van der Waals surface area (Å²) in [5.41, 5.74) is 1.76. The van der Waals surface area contributed by atoms with Gasteiger partial charge in [0.1, 0.15) is 0 Å². The molecule has 0 saturated carbocycles. The fraction of sp³-hybridized carbons (Fsp3) is 0.500. The second kappa shape index (κ2) is 7.78.